The van der Waals surface area contributed by atoms with E-state index in [1.807, 2.05) is 24.9 Å². The van der Waals surface area contributed by atoms with E-state index >= 15 is 0 Å². The minimum absolute atomic E-state index is 0.324. The summed E-state index contributed by atoms with van der Waals surface area (Å²) >= 11 is 3.11. The Hall–Kier alpha value is -1.49. The van der Waals surface area contributed by atoms with Crippen molar-refractivity contribution in [1.29, 1.82) is 0 Å². The number of nitrogen functional groups attached to an aromatic ring is 1. The molecule has 0 spiro atoms. The van der Waals surface area contributed by atoms with E-state index in [2.05, 4.69) is 15.9 Å². The molecule has 96 valence electrons. The van der Waals surface area contributed by atoms with Gasteiger partial charge in [0.2, 0.25) is 0 Å². The van der Waals surface area contributed by atoms with Crippen molar-refractivity contribution in [2.75, 3.05) is 17.7 Å². The molecule has 0 aliphatic rings. The molecule has 2 aromatic rings. The van der Waals surface area contributed by atoms with E-state index in [1.54, 1.807) is 12.3 Å². The first-order valence-electron chi connectivity index (χ1n) is 5.47. The molecular formula is C13H14BrFN2O. The Kier molecular flexibility index (Phi) is 3.61. The van der Waals surface area contributed by atoms with Crippen LogP contribution in [0.1, 0.15) is 11.3 Å². The first-order valence-corrected chi connectivity index (χ1v) is 6.27. The lowest BCUT2D eigenvalue weighted by Crippen LogP contribution is -2.18. The van der Waals surface area contributed by atoms with Crippen molar-refractivity contribution in [2.24, 2.45) is 0 Å². The molecule has 0 unspecified atom stereocenters. The second kappa shape index (κ2) is 5.02. The first kappa shape index (κ1) is 13.0. The number of hydrogen-bond acceptors (Lipinski definition) is 3. The maximum absolute atomic E-state index is 13.5. The minimum atomic E-state index is -0.324. The average Bonchev–Trinajstić information content (AvgIpc) is 2.69. The molecule has 0 amide bonds. The van der Waals surface area contributed by atoms with E-state index in [1.165, 1.54) is 6.07 Å². The average molecular weight is 313 g/mol. The highest BCUT2D eigenvalue weighted by atomic mass is 79.9. The van der Waals surface area contributed by atoms with Gasteiger partial charge in [-0.3, -0.25) is 0 Å². The van der Waals surface area contributed by atoms with Gasteiger partial charge in [-0.05, 0) is 35.0 Å². The van der Waals surface area contributed by atoms with Gasteiger partial charge in [0.15, 0.2) is 0 Å². The van der Waals surface area contributed by atoms with Gasteiger partial charge >= 0.3 is 0 Å². The molecule has 0 aliphatic heterocycles. The fraction of sp³-hybridized carbons (Fsp3) is 0.231. The summed E-state index contributed by atoms with van der Waals surface area (Å²) in [5.41, 5.74) is 8.15. The fourth-order valence-electron chi connectivity index (χ4n) is 1.80. The summed E-state index contributed by atoms with van der Waals surface area (Å²) in [6.07, 6.45) is 1.64. The van der Waals surface area contributed by atoms with E-state index in [0.29, 0.717) is 22.4 Å². The van der Waals surface area contributed by atoms with Gasteiger partial charge in [0.05, 0.1) is 22.1 Å². The van der Waals surface area contributed by atoms with Gasteiger partial charge in [0.25, 0.3) is 0 Å². The van der Waals surface area contributed by atoms with E-state index < -0.39 is 0 Å². The van der Waals surface area contributed by atoms with Gasteiger partial charge in [-0.25, -0.2) is 4.39 Å². The largest absolute Gasteiger partial charge is 0.469 e. The van der Waals surface area contributed by atoms with Gasteiger partial charge in [0, 0.05) is 25.2 Å². The molecule has 0 saturated carbocycles. The lowest BCUT2D eigenvalue weighted by Gasteiger charge is -2.21. The first-order chi connectivity index (χ1) is 8.49. The predicted molar refractivity (Wildman–Crippen MR) is 74.1 cm³/mol. The second-order valence-electron chi connectivity index (χ2n) is 4.18. The summed E-state index contributed by atoms with van der Waals surface area (Å²) in [5.74, 6) is 0.535. The highest BCUT2D eigenvalue weighted by molar-refractivity contribution is 9.10. The van der Waals surface area contributed by atoms with Crippen molar-refractivity contribution in [3.63, 3.8) is 0 Å². The maximum atomic E-state index is 13.5. The molecule has 0 atom stereocenters. The van der Waals surface area contributed by atoms with Crippen LogP contribution in [0.2, 0.25) is 0 Å². The van der Waals surface area contributed by atoms with Crippen LogP contribution in [0.25, 0.3) is 0 Å². The number of anilines is 2. The van der Waals surface area contributed by atoms with Crippen LogP contribution in [0.5, 0.6) is 0 Å². The molecule has 0 saturated heterocycles. The van der Waals surface area contributed by atoms with E-state index in [-0.39, 0.29) is 5.82 Å². The number of nitrogens with zero attached hydrogens (tertiary/aromatic N) is 1. The Balaban J connectivity index is 2.26. The zero-order chi connectivity index (χ0) is 13.3. The summed E-state index contributed by atoms with van der Waals surface area (Å²) in [5, 5.41) is 0. The Morgan fingerprint density at radius 3 is 2.78 bits per heavy atom. The second-order valence-corrected chi connectivity index (χ2v) is 5.04. The van der Waals surface area contributed by atoms with Crippen molar-refractivity contribution in [3.8, 4) is 0 Å². The molecule has 0 fully saturated rings. The van der Waals surface area contributed by atoms with Crippen molar-refractivity contribution in [1.82, 2.24) is 0 Å². The van der Waals surface area contributed by atoms with Gasteiger partial charge < -0.3 is 15.1 Å². The van der Waals surface area contributed by atoms with Crippen LogP contribution < -0.4 is 10.6 Å². The Morgan fingerprint density at radius 1 is 1.44 bits per heavy atom. The molecule has 1 aromatic carbocycles. The standard InChI is InChI=1S/C13H14BrFN2O/c1-8-9(3-4-18-8)7-17(2)13-6-11(15)10(14)5-12(13)16/h3-6H,7,16H2,1-2H3. The van der Waals surface area contributed by atoms with Gasteiger partial charge in [0.1, 0.15) is 11.6 Å². The van der Waals surface area contributed by atoms with E-state index in [4.69, 9.17) is 10.2 Å². The molecule has 1 aromatic heterocycles. The van der Waals surface area contributed by atoms with Crippen LogP contribution >= 0.6 is 15.9 Å². The molecule has 0 aliphatic carbocycles. The highest BCUT2D eigenvalue weighted by Gasteiger charge is 2.12. The van der Waals surface area contributed by atoms with Crippen LogP contribution in [-0.2, 0) is 6.54 Å². The number of hydrogen-bond donors (Lipinski definition) is 1. The molecule has 0 bridgehead atoms. The molecule has 0 radical (unpaired) electrons. The van der Waals surface area contributed by atoms with E-state index in [0.717, 1.165) is 11.3 Å². The van der Waals surface area contributed by atoms with E-state index in [9.17, 15) is 4.39 Å². The van der Waals surface area contributed by atoms with Crippen molar-refractivity contribution in [2.45, 2.75) is 13.5 Å². The van der Waals surface area contributed by atoms with Crippen LogP contribution in [0.3, 0.4) is 0 Å². The van der Waals surface area contributed by atoms with Crippen LogP contribution in [-0.4, -0.2) is 7.05 Å². The zero-order valence-corrected chi connectivity index (χ0v) is 11.8. The highest BCUT2D eigenvalue weighted by Crippen LogP contribution is 2.30. The third kappa shape index (κ3) is 2.51. The lowest BCUT2D eigenvalue weighted by atomic mass is 10.2. The molecule has 18 heavy (non-hydrogen) atoms. The normalized spacial score (nSPS) is 10.7. The smallest absolute Gasteiger partial charge is 0.139 e. The summed E-state index contributed by atoms with van der Waals surface area (Å²) in [6, 6.07) is 4.90. The third-order valence-electron chi connectivity index (χ3n) is 2.85. The van der Waals surface area contributed by atoms with Gasteiger partial charge in [-0.15, -0.1) is 0 Å². The summed E-state index contributed by atoms with van der Waals surface area (Å²) in [4.78, 5) is 1.89. The number of aryl methyl sites for hydroxylation is 1. The number of nitrogens with two attached hydrogens (primary N) is 1. The van der Waals surface area contributed by atoms with Crippen molar-refractivity contribution >= 4 is 27.3 Å². The van der Waals surface area contributed by atoms with Gasteiger partial charge in [-0.2, -0.15) is 0 Å². The summed E-state index contributed by atoms with van der Waals surface area (Å²) in [6.45, 7) is 2.52. The lowest BCUT2D eigenvalue weighted by molar-refractivity contribution is 0.529. The summed E-state index contributed by atoms with van der Waals surface area (Å²) in [7, 11) is 1.87. The topological polar surface area (TPSA) is 42.4 Å². The Morgan fingerprint density at radius 2 is 2.17 bits per heavy atom. The number of furan rings is 1. The van der Waals surface area contributed by atoms with Crippen molar-refractivity contribution in [3.05, 3.63) is 46.1 Å². The quantitative estimate of drug-likeness (QED) is 0.879. The van der Waals surface area contributed by atoms with Gasteiger partial charge in [-0.1, -0.05) is 0 Å². The molecule has 2 rings (SSSR count). The Bertz CT molecular complexity index is 568. The van der Waals surface area contributed by atoms with Crippen LogP contribution in [0, 0.1) is 12.7 Å². The SMILES string of the molecule is Cc1occc1CN(C)c1cc(F)c(Br)cc1N. The van der Waals surface area contributed by atoms with Crippen LogP contribution in [0.15, 0.2) is 33.4 Å². The number of rotatable bonds is 3. The van der Waals surface area contributed by atoms with Crippen molar-refractivity contribution < 1.29 is 8.81 Å². The minimum Gasteiger partial charge on any atom is -0.469 e. The third-order valence-corrected chi connectivity index (χ3v) is 3.46. The molecule has 3 nitrogen and oxygen atoms in total. The summed E-state index contributed by atoms with van der Waals surface area (Å²) < 4.78 is 19.1. The monoisotopic (exact) mass is 312 g/mol. The zero-order valence-electron chi connectivity index (χ0n) is 10.2. The van der Waals surface area contributed by atoms with Crippen LogP contribution in [0.4, 0.5) is 15.8 Å². The Labute approximate surface area is 114 Å². The molecule has 5 heteroatoms. The predicted octanol–water partition coefficient (Wildman–Crippen LogP) is 3.71. The number of halogens is 2. The maximum Gasteiger partial charge on any atom is 0.139 e. The molecular weight excluding hydrogens is 299 g/mol. The number of benzene rings is 1. The molecule has 1 heterocycles. The fourth-order valence-corrected chi connectivity index (χ4v) is 2.16. The molecule has 2 N–H and O–H groups in total.